The molecule has 3 nitrogen and oxygen atoms in total. The summed E-state index contributed by atoms with van der Waals surface area (Å²) in [7, 11) is 0. The average Bonchev–Trinajstić information content (AvgIpc) is 2.42. The number of anilines is 2. The number of halogens is 3. The van der Waals surface area contributed by atoms with Crippen molar-refractivity contribution in [2.45, 2.75) is 0 Å². The smallest absolute Gasteiger partial charge is 0.243 e. The van der Waals surface area contributed by atoms with Gasteiger partial charge in [0.1, 0.15) is 11.6 Å². The van der Waals surface area contributed by atoms with Crippen molar-refractivity contribution in [2.75, 3.05) is 17.2 Å². The minimum Gasteiger partial charge on any atom is -0.374 e. The lowest BCUT2D eigenvalue weighted by atomic mass is 10.3. The van der Waals surface area contributed by atoms with E-state index < -0.39 is 11.6 Å². The molecule has 0 bridgehead atoms. The highest BCUT2D eigenvalue weighted by Gasteiger charge is 2.07. The molecule has 0 aliphatic rings. The lowest BCUT2D eigenvalue weighted by Gasteiger charge is -2.09. The van der Waals surface area contributed by atoms with Crippen molar-refractivity contribution in [3.05, 3.63) is 58.6 Å². The molecule has 2 rings (SSSR count). The highest BCUT2D eigenvalue weighted by atomic mass is 79.9. The lowest BCUT2D eigenvalue weighted by molar-refractivity contribution is -0.114. The van der Waals surface area contributed by atoms with E-state index >= 15 is 0 Å². The second kappa shape index (κ2) is 6.47. The largest absolute Gasteiger partial charge is 0.374 e. The summed E-state index contributed by atoms with van der Waals surface area (Å²) in [5.41, 5.74) is 0.561. The van der Waals surface area contributed by atoms with Gasteiger partial charge in [-0.3, -0.25) is 4.79 Å². The molecule has 2 N–H and O–H groups in total. The van der Waals surface area contributed by atoms with E-state index in [4.69, 9.17) is 0 Å². The summed E-state index contributed by atoms with van der Waals surface area (Å²) in [5, 5.41) is 5.20. The Bertz CT molecular complexity index is 634. The highest BCUT2D eigenvalue weighted by Crippen LogP contribution is 2.21. The first-order chi connectivity index (χ1) is 9.56. The van der Waals surface area contributed by atoms with E-state index in [1.807, 2.05) is 6.07 Å². The molecule has 0 unspecified atom stereocenters. The van der Waals surface area contributed by atoms with Crippen LogP contribution in [0.5, 0.6) is 0 Å². The van der Waals surface area contributed by atoms with Crippen LogP contribution in [0.2, 0.25) is 0 Å². The fourth-order valence-corrected chi connectivity index (χ4v) is 1.95. The Kier molecular flexibility index (Phi) is 4.68. The molecule has 20 heavy (non-hydrogen) atoms. The zero-order valence-corrected chi connectivity index (χ0v) is 11.9. The third-order valence-electron chi connectivity index (χ3n) is 2.52. The van der Waals surface area contributed by atoms with Gasteiger partial charge in [0, 0.05) is 4.47 Å². The first-order valence-electron chi connectivity index (χ1n) is 5.79. The van der Waals surface area contributed by atoms with Crippen LogP contribution in [-0.4, -0.2) is 12.5 Å². The average molecular weight is 341 g/mol. The Hall–Kier alpha value is -1.95. The molecule has 0 aromatic heterocycles. The maximum Gasteiger partial charge on any atom is 0.243 e. The second-order valence-electron chi connectivity index (χ2n) is 4.01. The number of carbonyl (C=O) groups is 1. The van der Waals surface area contributed by atoms with Gasteiger partial charge >= 0.3 is 0 Å². The number of para-hydroxylation sites is 1. The minimum atomic E-state index is -0.611. The molecule has 0 aliphatic carbocycles. The van der Waals surface area contributed by atoms with E-state index in [0.29, 0.717) is 5.69 Å². The van der Waals surface area contributed by atoms with Crippen LogP contribution in [-0.2, 0) is 4.79 Å². The van der Waals surface area contributed by atoms with Crippen LogP contribution < -0.4 is 10.6 Å². The fourth-order valence-electron chi connectivity index (χ4n) is 1.57. The molecule has 0 atom stereocenters. The maximum atomic E-state index is 13.3. The quantitative estimate of drug-likeness (QED) is 0.889. The lowest BCUT2D eigenvalue weighted by Crippen LogP contribution is -2.22. The van der Waals surface area contributed by atoms with Gasteiger partial charge in [0.2, 0.25) is 5.91 Å². The predicted molar refractivity (Wildman–Crippen MR) is 77.6 cm³/mol. The molecule has 104 valence electrons. The summed E-state index contributed by atoms with van der Waals surface area (Å²) < 4.78 is 27.0. The number of benzene rings is 2. The molecule has 0 radical (unpaired) electrons. The third-order valence-corrected chi connectivity index (χ3v) is 3.21. The Morgan fingerprint density at radius 1 is 1.10 bits per heavy atom. The normalized spacial score (nSPS) is 10.2. The highest BCUT2D eigenvalue weighted by molar-refractivity contribution is 9.10. The summed E-state index contributed by atoms with van der Waals surface area (Å²) in [6, 6.07) is 10.1. The van der Waals surface area contributed by atoms with Crippen molar-refractivity contribution in [3.63, 3.8) is 0 Å². The summed E-state index contributed by atoms with van der Waals surface area (Å²) in [6.45, 7) is -0.165. The van der Waals surface area contributed by atoms with Crippen molar-refractivity contribution in [3.8, 4) is 0 Å². The summed E-state index contributed by atoms with van der Waals surface area (Å²) in [4.78, 5) is 11.7. The Morgan fingerprint density at radius 2 is 1.85 bits per heavy atom. The van der Waals surface area contributed by atoms with Crippen LogP contribution in [0.15, 0.2) is 46.9 Å². The molecule has 0 heterocycles. The number of hydrogen-bond acceptors (Lipinski definition) is 2. The summed E-state index contributed by atoms with van der Waals surface area (Å²) in [6.07, 6.45) is 0. The molecule has 0 saturated heterocycles. The van der Waals surface area contributed by atoms with Gasteiger partial charge in [0.05, 0.1) is 17.9 Å². The summed E-state index contributed by atoms with van der Waals surface area (Å²) >= 11 is 3.30. The Balaban J connectivity index is 1.96. The molecule has 6 heteroatoms. The number of rotatable bonds is 4. The van der Waals surface area contributed by atoms with Crippen LogP contribution in [0.1, 0.15) is 0 Å². The number of carbonyl (C=O) groups excluding carboxylic acids is 1. The third kappa shape index (κ3) is 3.77. The van der Waals surface area contributed by atoms with E-state index in [0.717, 1.165) is 22.7 Å². The zero-order valence-electron chi connectivity index (χ0n) is 10.3. The van der Waals surface area contributed by atoms with Gasteiger partial charge in [-0.1, -0.05) is 12.1 Å². The monoisotopic (exact) mass is 340 g/mol. The van der Waals surface area contributed by atoms with Crippen LogP contribution in [0.3, 0.4) is 0 Å². The van der Waals surface area contributed by atoms with E-state index in [2.05, 4.69) is 26.6 Å². The minimum absolute atomic E-state index is 0.0488. The first-order valence-corrected chi connectivity index (χ1v) is 6.59. The van der Waals surface area contributed by atoms with Gasteiger partial charge in [-0.15, -0.1) is 0 Å². The molecule has 0 spiro atoms. The summed E-state index contributed by atoms with van der Waals surface area (Å²) in [5.74, 6) is -1.54. The Labute approximate surface area is 123 Å². The van der Waals surface area contributed by atoms with Gasteiger partial charge in [0.25, 0.3) is 0 Å². The maximum absolute atomic E-state index is 13.3. The number of nitrogens with one attached hydrogen (secondary N) is 2. The van der Waals surface area contributed by atoms with Crippen LogP contribution in [0, 0.1) is 11.6 Å². The number of hydrogen-bond donors (Lipinski definition) is 2. The van der Waals surface area contributed by atoms with Gasteiger partial charge < -0.3 is 10.6 Å². The van der Waals surface area contributed by atoms with E-state index in [9.17, 15) is 13.6 Å². The second-order valence-corrected chi connectivity index (χ2v) is 4.86. The molecule has 0 saturated carbocycles. The topological polar surface area (TPSA) is 41.1 Å². The molecule has 2 aromatic rings. The van der Waals surface area contributed by atoms with E-state index in [1.165, 1.54) is 0 Å². The van der Waals surface area contributed by atoms with Crippen molar-refractivity contribution >= 4 is 33.2 Å². The van der Waals surface area contributed by atoms with Gasteiger partial charge in [-0.25, -0.2) is 8.78 Å². The SMILES string of the molecule is O=C(CNc1cc(F)ccc1F)Nc1ccccc1Br. The van der Waals surface area contributed by atoms with Crippen LogP contribution in [0.25, 0.3) is 0 Å². The van der Waals surface area contributed by atoms with Crippen LogP contribution >= 0.6 is 15.9 Å². The van der Waals surface area contributed by atoms with E-state index in [-0.39, 0.29) is 18.1 Å². The van der Waals surface area contributed by atoms with E-state index in [1.54, 1.807) is 18.2 Å². The zero-order chi connectivity index (χ0) is 14.5. The fraction of sp³-hybridized carbons (Fsp3) is 0.0714. The predicted octanol–water partition coefficient (Wildman–Crippen LogP) is 3.78. The molecule has 0 fully saturated rings. The first kappa shape index (κ1) is 14.5. The molecule has 0 aliphatic heterocycles. The number of amides is 1. The molecular weight excluding hydrogens is 330 g/mol. The standard InChI is InChI=1S/C14H11BrF2N2O/c15-10-3-1-2-4-12(10)19-14(20)8-18-13-7-9(16)5-6-11(13)17/h1-7,18H,8H2,(H,19,20). The van der Waals surface area contributed by atoms with Crippen molar-refractivity contribution < 1.29 is 13.6 Å². The van der Waals surface area contributed by atoms with Gasteiger partial charge in [0.15, 0.2) is 0 Å². The van der Waals surface area contributed by atoms with Crippen molar-refractivity contribution in [1.29, 1.82) is 0 Å². The van der Waals surface area contributed by atoms with Crippen molar-refractivity contribution in [2.24, 2.45) is 0 Å². The van der Waals surface area contributed by atoms with Crippen LogP contribution in [0.4, 0.5) is 20.2 Å². The molecular formula is C14H11BrF2N2O. The molecule has 2 aromatic carbocycles. The Morgan fingerprint density at radius 3 is 2.60 bits per heavy atom. The molecule has 1 amide bonds. The van der Waals surface area contributed by atoms with Gasteiger partial charge in [-0.05, 0) is 46.3 Å². The van der Waals surface area contributed by atoms with Crippen molar-refractivity contribution in [1.82, 2.24) is 0 Å². The van der Waals surface area contributed by atoms with Gasteiger partial charge in [-0.2, -0.15) is 0 Å².